The van der Waals surface area contributed by atoms with E-state index in [1.807, 2.05) is 13.0 Å². The molecule has 1 aromatic heterocycles. The lowest BCUT2D eigenvalue weighted by molar-refractivity contribution is 1.21. The van der Waals surface area contributed by atoms with Crippen LogP contribution in [-0.2, 0) is 0 Å². The predicted octanol–water partition coefficient (Wildman–Crippen LogP) is 2.34. The molecule has 0 atom stereocenters. The SMILES string of the molecule is Cc1cc(N=O)c2ncncc2c1. The van der Waals surface area contributed by atoms with Crippen LogP contribution in [0.3, 0.4) is 0 Å². The molecule has 1 heterocycles. The minimum atomic E-state index is 0.373. The van der Waals surface area contributed by atoms with E-state index in [2.05, 4.69) is 15.1 Å². The molecule has 0 bridgehead atoms. The Morgan fingerprint density at radius 3 is 3.00 bits per heavy atom. The van der Waals surface area contributed by atoms with Gasteiger partial charge in [-0.05, 0) is 29.8 Å². The van der Waals surface area contributed by atoms with Crippen LogP contribution < -0.4 is 0 Å². The normalized spacial score (nSPS) is 10.2. The van der Waals surface area contributed by atoms with Crippen LogP contribution in [-0.4, -0.2) is 9.97 Å². The van der Waals surface area contributed by atoms with Gasteiger partial charge in [0.25, 0.3) is 0 Å². The van der Waals surface area contributed by atoms with Crippen LogP contribution in [0.15, 0.2) is 29.8 Å². The van der Waals surface area contributed by atoms with Gasteiger partial charge in [-0.1, -0.05) is 0 Å². The highest BCUT2D eigenvalue weighted by Gasteiger charge is 2.02. The minimum Gasteiger partial charge on any atom is -0.244 e. The zero-order valence-electron chi connectivity index (χ0n) is 7.06. The van der Waals surface area contributed by atoms with E-state index in [1.165, 1.54) is 6.33 Å². The Morgan fingerprint density at radius 1 is 1.38 bits per heavy atom. The molecule has 13 heavy (non-hydrogen) atoms. The number of hydrogen-bond acceptors (Lipinski definition) is 4. The molecule has 2 aromatic rings. The molecule has 2 rings (SSSR count). The van der Waals surface area contributed by atoms with Crippen LogP contribution in [0.1, 0.15) is 5.56 Å². The second-order valence-corrected chi connectivity index (χ2v) is 2.84. The lowest BCUT2D eigenvalue weighted by atomic mass is 10.1. The molecule has 1 aromatic carbocycles. The quantitative estimate of drug-likeness (QED) is 0.622. The summed E-state index contributed by atoms with van der Waals surface area (Å²) in [5.74, 6) is 0. The van der Waals surface area contributed by atoms with Gasteiger partial charge < -0.3 is 0 Å². The van der Waals surface area contributed by atoms with Crippen molar-refractivity contribution in [1.29, 1.82) is 0 Å². The third-order valence-corrected chi connectivity index (χ3v) is 1.83. The van der Waals surface area contributed by atoms with Gasteiger partial charge in [-0.2, -0.15) is 0 Å². The smallest absolute Gasteiger partial charge is 0.134 e. The third kappa shape index (κ3) is 1.26. The summed E-state index contributed by atoms with van der Waals surface area (Å²) in [7, 11) is 0. The van der Waals surface area contributed by atoms with Gasteiger partial charge >= 0.3 is 0 Å². The fourth-order valence-electron chi connectivity index (χ4n) is 1.30. The standard InChI is InChI=1S/C9H7N3O/c1-6-2-7-4-10-5-11-9(7)8(3-6)12-13/h2-5H,1H3. The highest BCUT2D eigenvalue weighted by molar-refractivity contribution is 5.88. The Balaban J connectivity index is 2.89. The van der Waals surface area contributed by atoms with Gasteiger partial charge in [-0.25, -0.2) is 9.97 Å². The van der Waals surface area contributed by atoms with Crippen LogP contribution in [0.25, 0.3) is 10.9 Å². The van der Waals surface area contributed by atoms with Gasteiger partial charge in [0.2, 0.25) is 0 Å². The topological polar surface area (TPSA) is 55.2 Å². The van der Waals surface area contributed by atoms with Gasteiger partial charge in [-0.3, -0.25) is 0 Å². The number of fused-ring (bicyclic) bond motifs is 1. The largest absolute Gasteiger partial charge is 0.244 e. The van der Waals surface area contributed by atoms with E-state index in [0.717, 1.165) is 10.9 Å². The second-order valence-electron chi connectivity index (χ2n) is 2.84. The summed E-state index contributed by atoms with van der Waals surface area (Å²) in [6, 6.07) is 3.63. The average Bonchev–Trinajstić information content (AvgIpc) is 2.16. The van der Waals surface area contributed by atoms with E-state index in [1.54, 1.807) is 12.3 Å². The van der Waals surface area contributed by atoms with Crippen molar-refractivity contribution in [2.75, 3.05) is 0 Å². The first-order valence-corrected chi connectivity index (χ1v) is 3.85. The van der Waals surface area contributed by atoms with Gasteiger partial charge in [-0.15, -0.1) is 4.91 Å². The molecule has 0 saturated carbocycles. The van der Waals surface area contributed by atoms with Crippen LogP contribution in [0.4, 0.5) is 5.69 Å². The van der Waals surface area contributed by atoms with Crippen LogP contribution in [0.2, 0.25) is 0 Å². The van der Waals surface area contributed by atoms with Crippen molar-refractivity contribution in [3.8, 4) is 0 Å². The molecular formula is C9H7N3O. The van der Waals surface area contributed by atoms with Gasteiger partial charge in [0, 0.05) is 11.6 Å². The zero-order valence-corrected chi connectivity index (χ0v) is 7.06. The number of nitrogens with zero attached hydrogens (tertiary/aromatic N) is 3. The molecule has 0 amide bonds. The molecule has 0 N–H and O–H groups in total. The summed E-state index contributed by atoms with van der Waals surface area (Å²) >= 11 is 0. The molecule has 0 aliphatic rings. The highest BCUT2D eigenvalue weighted by Crippen LogP contribution is 2.24. The Morgan fingerprint density at radius 2 is 2.23 bits per heavy atom. The highest BCUT2D eigenvalue weighted by atomic mass is 16.3. The third-order valence-electron chi connectivity index (χ3n) is 1.83. The summed E-state index contributed by atoms with van der Waals surface area (Å²) in [6.07, 6.45) is 3.08. The van der Waals surface area contributed by atoms with E-state index < -0.39 is 0 Å². The molecule has 0 aliphatic heterocycles. The average molecular weight is 173 g/mol. The van der Waals surface area contributed by atoms with Gasteiger partial charge in [0.15, 0.2) is 0 Å². The maximum atomic E-state index is 10.5. The van der Waals surface area contributed by atoms with Crippen molar-refractivity contribution in [3.05, 3.63) is 35.1 Å². The van der Waals surface area contributed by atoms with Crippen molar-refractivity contribution in [3.63, 3.8) is 0 Å². The van der Waals surface area contributed by atoms with E-state index in [0.29, 0.717) is 11.2 Å². The Bertz CT molecular complexity index is 467. The first-order chi connectivity index (χ1) is 6.31. The van der Waals surface area contributed by atoms with E-state index in [4.69, 9.17) is 0 Å². The van der Waals surface area contributed by atoms with E-state index in [-0.39, 0.29) is 0 Å². The number of nitroso groups, excluding NO2 is 1. The molecule has 4 nitrogen and oxygen atoms in total. The number of rotatable bonds is 1. The Labute approximate surface area is 74.6 Å². The molecular weight excluding hydrogens is 166 g/mol. The van der Waals surface area contributed by atoms with Gasteiger partial charge in [0.1, 0.15) is 17.5 Å². The Kier molecular flexibility index (Phi) is 1.73. The molecule has 0 unspecified atom stereocenters. The summed E-state index contributed by atoms with van der Waals surface area (Å²) in [5.41, 5.74) is 1.96. The first-order valence-electron chi connectivity index (χ1n) is 3.85. The second kappa shape index (κ2) is 2.90. The summed E-state index contributed by atoms with van der Waals surface area (Å²) in [4.78, 5) is 18.3. The molecule has 4 heteroatoms. The van der Waals surface area contributed by atoms with Crippen molar-refractivity contribution in [2.45, 2.75) is 6.92 Å². The van der Waals surface area contributed by atoms with Crippen LogP contribution in [0, 0.1) is 11.8 Å². The Hall–Kier alpha value is -1.84. The van der Waals surface area contributed by atoms with Crippen molar-refractivity contribution in [1.82, 2.24) is 9.97 Å². The predicted molar refractivity (Wildman–Crippen MR) is 49.7 cm³/mol. The lowest BCUT2D eigenvalue weighted by Crippen LogP contribution is -1.82. The lowest BCUT2D eigenvalue weighted by Gasteiger charge is -1.99. The molecule has 0 aliphatic carbocycles. The number of hydrogen-bond donors (Lipinski definition) is 0. The molecule has 64 valence electrons. The minimum absolute atomic E-state index is 0.373. The van der Waals surface area contributed by atoms with Crippen molar-refractivity contribution >= 4 is 16.6 Å². The zero-order chi connectivity index (χ0) is 9.26. The number of benzene rings is 1. The van der Waals surface area contributed by atoms with Gasteiger partial charge in [0.05, 0.1) is 0 Å². The maximum absolute atomic E-state index is 10.5. The maximum Gasteiger partial charge on any atom is 0.134 e. The summed E-state index contributed by atoms with van der Waals surface area (Å²) in [6.45, 7) is 1.90. The van der Waals surface area contributed by atoms with Crippen molar-refractivity contribution in [2.24, 2.45) is 5.18 Å². The number of aromatic nitrogens is 2. The first kappa shape index (κ1) is 7.79. The molecule has 0 saturated heterocycles. The molecule has 0 fully saturated rings. The monoisotopic (exact) mass is 173 g/mol. The van der Waals surface area contributed by atoms with Crippen molar-refractivity contribution < 1.29 is 0 Å². The van der Waals surface area contributed by atoms with E-state index >= 15 is 0 Å². The summed E-state index contributed by atoms with van der Waals surface area (Å²) in [5, 5.41) is 3.76. The fraction of sp³-hybridized carbons (Fsp3) is 0.111. The fourth-order valence-corrected chi connectivity index (χ4v) is 1.30. The van der Waals surface area contributed by atoms with Crippen LogP contribution >= 0.6 is 0 Å². The number of aryl methyl sites for hydroxylation is 1. The van der Waals surface area contributed by atoms with E-state index in [9.17, 15) is 4.91 Å². The van der Waals surface area contributed by atoms with Crippen LogP contribution in [0.5, 0.6) is 0 Å². The molecule has 0 radical (unpaired) electrons. The summed E-state index contributed by atoms with van der Waals surface area (Å²) < 4.78 is 0. The molecule has 0 spiro atoms.